The lowest BCUT2D eigenvalue weighted by atomic mass is 10.1. The first-order chi connectivity index (χ1) is 9.10. The fourth-order valence-electron chi connectivity index (χ4n) is 2.38. The van der Waals surface area contributed by atoms with Gasteiger partial charge in [-0.05, 0) is 54.1 Å². The SMILES string of the molecule is CCN1CCC(CNc2ccc([N+](=O)[O-])cc2I)C1. The molecule has 0 saturated carbocycles. The van der Waals surface area contributed by atoms with Crippen LogP contribution in [-0.2, 0) is 0 Å². The van der Waals surface area contributed by atoms with Crippen LogP contribution in [-0.4, -0.2) is 36.0 Å². The summed E-state index contributed by atoms with van der Waals surface area (Å²) in [6.45, 7) is 6.57. The molecule has 0 radical (unpaired) electrons. The molecule has 0 bridgehead atoms. The molecule has 6 heteroatoms. The van der Waals surface area contributed by atoms with Crippen molar-refractivity contribution >= 4 is 34.0 Å². The summed E-state index contributed by atoms with van der Waals surface area (Å²) in [6, 6.07) is 4.96. The molecule has 5 nitrogen and oxygen atoms in total. The van der Waals surface area contributed by atoms with Crippen LogP contribution in [0.2, 0.25) is 0 Å². The van der Waals surface area contributed by atoms with Crippen molar-refractivity contribution < 1.29 is 4.92 Å². The van der Waals surface area contributed by atoms with Crippen LogP contribution in [0.1, 0.15) is 13.3 Å². The van der Waals surface area contributed by atoms with Gasteiger partial charge in [0.05, 0.1) is 4.92 Å². The summed E-state index contributed by atoms with van der Waals surface area (Å²) in [6.07, 6.45) is 1.23. The van der Waals surface area contributed by atoms with Gasteiger partial charge in [0.25, 0.3) is 5.69 Å². The monoisotopic (exact) mass is 375 g/mol. The van der Waals surface area contributed by atoms with E-state index in [0.29, 0.717) is 5.92 Å². The highest BCUT2D eigenvalue weighted by atomic mass is 127. The fraction of sp³-hybridized carbons (Fsp3) is 0.538. The topological polar surface area (TPSA) is 58.4 Å². The molecular weight excluding hydrogens is 357 g/mol. The minimum atomic E-state index is -0.359. The second-order valence-electron chi connectivity index (χ2n) is 4.85. The Kier molecular flexibility index (Phi) is 4.98. The van der Waals surface area contributed by atoms with Gasteiger partial charge >= 0.3 is 0 Å². The van der Waals surface area contributed by atoms with Crippen LogP contribution < -0.4 is 5.32 Å². The molecule has 0 amide bonds. The first-order valence-corrected chi connectivity index (χ1v) is 7.58. The maximum absolute atomic E-state index is 10.7. The van der Waals surface area contributed by atoms with Crippen LogP contribution in [0.15, 0.2) is 18.2 Å². The highest BCUT2D eigenvalue weighted by Gasteiger charge is 2.21. The Morgan fingerprint density at radius 2 is 2.37 bits per heavy atom. The molecule has 1 aromatic rings. The van der Waals surface area contributed by atoms with Crippen LogP contribution >= 0.6 is 22.6 Å². The van der Waals surface area contributed by atoms with E-state index >= 15 is 0 Å². The first-order valence-electron chi connectivity index (χ1n) is 6.50. The Labute approximate surface area is 126 Å². The number of nitro benzene ring substituents is 1. The van der Waals surface area contributed by atoms with E-state index in [2.05, 4.69) is 39.7 Å². The molecule has 19 heavy (non-hydrogen) atoms. The largest absolute Gasteiger partial charge is 0.384 e. The fourth-order valence-corrected chi connectivity index (χ4v) is 3.07. The molecule has 0 aliphatic carbocycles. The maximum Gasteiger partial charge on any atom is 0.270 e. The normalized spacial score (nSPS) is 19.6. The van der Waals surface area contributed by atoms with E-state index in [1.165, 1.54) is 13.0 Å². The van der Waals surface area contributed by atoms with E-state index in [1.807, 2.05) is 0 Å². The van der Waals surface area contributed by atoms with Crippen molar-refractivity contribution in [3.63, 3.8) is 0 Å². The number of nitro groups is 1. The summed E-state index contributed by atoms with van der Waals surface area (Å²) in [5.41, 5.74) is 1.13. The standard InChI is InChI=1S/C13H18IN3O2/c1-2-16-6-5-10(9-16)8-15-13-4-3-11(17(18)19)7-12(13)14/h3-4,7,10,15H,2,5-6,8-9H2,1H3. The van der Waals surface area contributed by atoms with Gasteiger partial charge in [-0.15, -0.1) is 0 Å². The Morgan fingerprint density at radius 1 is 1.58 bits per heavy atom. The van der Waals surface area contributed by atoms with E-state index in [9.17, 15) is 10.1 Å². The molecule has 0 aromatic heterocycles. The lowest BCUT2D eigenvalue weighted by Gasteiger charge is -2.15. The lowest BCUT2D eigenvalue weighted by molar-refractivity contribution is -0.384. The Hall–Kier alpha value is -0.890. The van der Waals surface area contributed by atoms with Gasteiger partial charge < -0.3 is 10.2 Å². The predicted octanol–water partition coefficient (Wildman–Crippen LogP) is 2.95. The smallest absolute Gasteiger partial charge is 0.270 e. The number of nitrogens with one attached hydrogen (secondary N) is 1. The molecule has 1 fully saturated rings. The zero-order valence-corrected chi connectivity index (χ0v) is 13.1. The zero-order valence-electron chi connectivity index (χ0n) is 10.9. The Bertz CT molecular complexity index is 467. The van der Waals surface area contributed by atoms with Gasteiger partial charge in [0.1, 0.15) is 0 Å². The van der Waals surface area contributed by atoms with Gasteiger partial charge in [0, 0.05) is 34.5 Å². The molecule has 1 aromatic carbocycles. The third-order valence-corrected chi connectivity index (χ3v) is 4.45. The number of hydrogen-bond acceptors (Lipinski definition) is 4. The van der Waals surface area contributed by atoms with Gasteiger partial charge in [-0.25, -0.2) is 0 Å². The Morgan fingerprint density at radius 3 is 2.95 bits per heavy atom. The van der Waals surface area contributed by atoms with Crippen LogP contribution in [0.3, 0.4) is 0 Å². The highest BCUT2D eigenvalue weighted by Crippen LogP contribution is 2.24. The van der Waals surface area contributed by atoms with Gasteiger partial charge in [0.2, 0.25) is 0 Å². The number of anilines is 1. The minimum Gasteiger partial charge on any atom is -0.384 e. The second-order valence-corrected chi connectivity index (χ2v) is 6.01. The number of rotatable bonds is 5. The van der Waals surface area contributed by atoms with Crippen LogP contribution in [0, 0.1) is 19.6 Å². The van der Waals surface area contributed by atoms with Gasteiger partial charge in [-0.2, -0.15) is 0 Å². The second kappa shape index (κ2) is 6.51. The molecule has 1 atom stereocenters. The van der Waals surface area contributed by atoms with Crippen LogP contribution in [0.4, 0.5) is 11.4 Å². The van der Waals surface area contributed by atoms with Gasteiger partial charge in [0.15, 0.2) is 0 Å². The van der Waals surface area contributed by atoms with Crippen molar-refractivity contribution in [2.75, 3.05) is 31.5 Å². The number of non-ortho nitro benzene ring substituents is 1. The average Bonchev–Trinajstić information content (AvgIpc) is 2.85. The number of likely N-dealkylation sites (tertiary alicyclic amines) is 1. The van der Waals surface area contributed by atoms with Crippen molar-refractivity contribution in [3.8, 4) is 0 Å². The van der Waals surface area contributed by atoms with Crippen molar-refractivity contribution in [2.45, 2.75) is 13.3 Å². The van der Waals surface area contributed by atoms with Crippen molar-refractivity contribution in [2.24, 2.45) is 5.92 Å². The minimum absolute atomic E-state index is 0.146. The summed E-state index contributed by atoms with van der Waals surface area (Å²) in [7, 11) is 0. The molecule has 1 aliphatic rings. The van der Waals surface area contributed by atoms with E-state index in [0.717, 1.165) is 28.9 Å². The average molecular weight is 375 g/mol. The summed E-state index contributed by atoms with van der Waals surface area (Å²) in [5, 5.41) is 14.1. The van der Waals surface area contributed by atoms with E-state index < -0.39 is 0 Å². The first kappa shape index (κ1) is 14.5. The molecular formula is C13H18IN3O2. The summed E-state index contributed by atoms with van der Waals surface area (Å²) in [5.74, 6) is 0.672. The number of nitrogens with zero attached hydrogens (tertiary/aromatic N) is 2. The molecule has 1 aliphatic heterocycles. The summed E-state index contributed by atoms with van der Waals surface area (Å²) in [4.78, 5) is 12.8. The summed E-state index contributed by atoms with van der Waals surface area (Å²) >= 11 is 2.14. The molecule has 1 unspecified atom stereocenters. The third kappa shape index (κ3) is 3.79. The van der Waals surface area contributed by atoms with Crippen molar-refractivity contribution in [1.82, 2.24) is 4.90 Å². The van der Waals surface area contributed by atoms with Crippen molar-refractivity contribution in [3.05, 3.63) is 31.9 Å². The molecule has 2 rings (SSSR count). The van der Waals surface area contributed by atoms with E-state index in [1.54, 1.807) is 18.2 Å². The number of benzene rings is 1. The Balaban J connectivity index is 1.91. The highest BCUT2D eigenvalue weighted by molar-refractivity contribution is 14.1. The summed E-state index contributed by atoms with van der Waals surface area (Å²) < 4.78 is 0.900. The quantitative estimate of drug-likeness (QED) is 0.489. The number of halogens is 1. The van der Waals surface area contributed by atoms with Gasteiger partial charge in [-0.3, -0.25) is 10.1 Å². The molecule has 0 spiro atoms. The van der Waals surface area contributed by atoms with E-state index in [4.69, 9.17) is 0 Å². The maximum atomic E-state index is 10.7. The molecule has 1 N–H and O–H groups in total. The van der Waals surface area contributed by atoms with Crippen LogP contribution in [0.25, 0.3) is 0 Å². The lowest BCUT2D eigenvalue weighted by Crippen LogP contribution is -2.22. The van der Waals surface area contributed by atoms with Crippen LogP contribution in [0.5, 0.6) is 0 Å². The predicted molar refractivity (Wildman–Crippen MR) is 84.5 cm³/mol. The van der Waals surface area contributed by atoms with Crippen molar-refractivity contribution in [1.29, 1.82) is 0 Å². The zero-order chi connectivity index (χ0) is 13.8. The molecule has 1 heterocycles. The van der Waals surface area contributed by atoms with E-state index in [-0.39, 0.29) is 10.6 Å². The number of hydrogen-bond donors (Lipinski definition) is 1. The molecule has 1 saturated heterocycles. The third-order valence-electron chi connectivity index (χ3n) is 3.56. The van der Waals surface area contributed by atoms with Gasteiger partial charge in [-0.1, -0.05) is 6.92 Å². The molecule has 104 valence electrons.